The van der Waals surface area contributed by atoms with Gasteiger partial charge < -0.3 is 14.4 Å². The van der Waals surface area contributed by atoms with Crippen molar-refractivity contribution in [2.24, 2.45) is 0 Å². The second kappa shape index (κ2) is 30.3. The highest BCUT2D eigenvalue weighted by Gasteiger charge is 2.51. The Bertz CT molecular complexity index is 7280. The zero-order valence-electron chi connectivity index (χ0n) is 78.1. The molecule has 17 aromatic carbocycles. The van der Waals surface area contributed by atoms with Crippen molar-refractivity contribution in [3.05, 3.63) is 420 Å². The van der Waals surface area contributed by atoms with Crippen LogP contribution >= 0.6 is 0 Å². The van der Waals surface area contributed by atoms with Crippen LogP contribution in [0.3, 0.4) is 0 Å². The van der Waals surface area contributed by atoms with E-state index in [9.17, 15) is 0 Å². The molecule has 1 unspecified atom stereocenters. The molecule has 0 amide bonds. The van der Waals surface area contributed by atoms with Crippen LogP contribution in [0.25, 0.3) is 116 Å². The highest BCUT2D eigenvalue weighted by atomic mass is 15.2. The Kier molecular flexibility index (Phi) is 19.4. The van der Waals surface area contributed by atoms with Gasteiger partial charge in [0.25, 0.3) is 6.71 Å². The Morgan fingerprint density at radius 2 is 0.605 bits per heavy atom. The lowest BCUT2D eigenvalue weighted by Gasteiger charge is -2.46. The molecule has 0 spiro atoms. The molecule has 129 heavy (non-hydrogen) atoms. The van der Waals surface area contributed by atoms with Crippen molar-refractivity contribution in [1.29, 1.82) is 0 Å². The van der Waals surface area contributed by atoms with Gasteiger partial charge in [0.2, 0.25) is 0 Å². The van der Waals surface area contributed by atoms with E-state index in [2.05, 4.69) is 503 Å². The lowest BCUT2D eigenvalue weighted by Crippen LogP contribution is -2.61. The van der Waals surface area contributed by atoms with Gasteiger partial charge in [-0.3, -0.25) is 0 Å². The molecule has 2 aliphatic heterocycles. The Hall–Kier alpha value is -13.5. The highest BCUT2D eigenvalue weighted by Crippen LogP contribution is 2.62. The summed E-state index contributed by atoms with van der Waals surface area (Å²) in [6, 6.07) is 142. The fourth-order valence-electron chi connectivity index (χ4n) is 21.4. The molecule has 1 atom stereocenters. The molecule has 0 bridgehead atoms. The van der Waals surface area contributed by atoms with Gasteiger partial charge in [-0.05, 0) is 250 Å². The van der Waals surface area contributed by atoms with Crippen molar-refractivity contribution in [2.75, 3.05) is 9.80 Å². The van der Waals surface area contributed by atoms with E-state index < -0.39 is 5.41 Å². The summed E-state index contributed by atoms with van der Waals surface area (Å²) in [5.41, 5.74) is 41.0. The van der Waals surface area contributed by atoms with Gasteiger partial charge >= 0.3 is 0 Å². The number of hydrogen-bond donors (Lipinski definition) is 0. The predicted molar refractivity (Wildman–Crippen MR) is 554 cm³/mol. The van der Waals surface area contributed by atoms with Crippen molar-refractivity contribution in [3.63, 3.8) is 0 Å². The van der Waals surface area contributed by atoms with Crippen molar-refractivity contribution < 1.29 is 0 Å². The van der Waals surface area contributed by atoms with Crippen LogP contribution in [-0.4, -0.2) is 11.3 Å². The van der Waals surface area contributed by atoms with Crippen LogP contribution in [0.5, 0.6) is 0 Å². The maximum Gasteiger partial charge on any atom is 0.252 e. The third-order valence-electron chi connectivity index (χ3n) is 28.3. The molecule has 3 heterocycles. The summed E-state index contributed by atoms with van der Waals surface area (Å²) in [6.45, 7) is 42.3. The van der Waals surface area contributed by atoms with E-state index in [0.29, 0.717) is 0 Å². The van der Waals surface area contributed by atoms with Crippen molar-refractivity contribution in [2.45, 2.75) is 163 Å². The monoisotopic (exact) mass is 1670 g/mol. The summed E-state index contributed by atoms with van der Waals surface area (Å²) >= 11 is 0. The number of nitrogens with zero attached hydrogens (tertiary/aromatic N) is 3. The first kappa shape index (κ1) is 82.4. The van der Waals surface area contributed by atoms with Crippen LogP contribution in [0, 0.1) is 0 Å². The van der Waals surface area contributed by atoms with Gasteiger partial charge in [-0.15, -0.1) is 0 Å². The van der Waals surface area contributed by atoms with Crippen LogP contribution in [0.15, 0.2) is 364 Å². The Morgan fingerprint density at radius 3 is 1.09 bits per heavy atom. The first-order chi connectivity index (χ1) is 61.8. The molecule has 0 radical (unpaired) electrons. The topological polar surface area (TPSA) is 11.4 Å². The van der Waals surface area contributed by atoms with Crippen LogP contribution in [0.4, 0.5) is 34.1 Å². The standard InChI is InChI=1S/C125H114BN3/c1-119(2,3)88-59-64-109-103(72-88)104-73-89(120(4,5)6)60-65-110(104)127(109)94-61-63-108-112(78-94)129(118-101(82-44-28-21-29-45-82)76-93(124(16,17)18)77-102(118)83-46-30-22-31-47-83)114-70-86(85-66-90(121(7,8)9)71-91(67-85)122(10,11)12)69-113-116(114)126(108)107-62-58-84(68-111(107)128(113)117-99(80-40-24-19-25-41-80)74-92(123(13,14)15)75-100(117)81-42-26-20-27-43-81)96-54-39-55-98-97-53-36-37-56-106(97)125(115(96)98,87-50-32-23-33-51-87)105-57-38-49-79-48-34-35-52-95(79)105/h19-78H,1-18H3. The van der Waals surface area contributed by atoms with Gasteiger partial charge in [-0.25, -0.2) is 0 Å². The molecule has 3 aliphatic rings. The molecule has 0 N–H and O–H groups in total. The van der Waals surface area contributed by atoms with Gasteiger partial charge in [-0.1, -0.05) is 410 Å². The summed E-state index contributed by atoms with van der Waals surface area (Å²) in [5.74, 6) is 0. The number of fused-ring (bicyclic) bond motifs is 11. The molecule has 1 aliphatic carbocycles. The SMILES string of the molecule is CC(C)(C)c1cc(-c2cc3c4c(c2)N(c2c(-c5ccccc5)cc(C(C)(C)C)cc2-c2ccccc2)c2cc(-n5c6ccc(C(C)(C)C)cc6c6cc(C(C)(C)C)ccc65)ccc2B4c2ccc(-c4cccc5c4C(c4ccccc4)(c4cccc6ccccc46)c4ccccc4-5)cc2N3c2c(-c3ccccc3)cc(C(C)(C)C)cc2-c2ccccc2)cc(C(C)(C)C)c1. The van der Waals surface area contributed by atoms with E-state index in [-0.39, 0.29) is 39.2 Å². The van der Waals surface area contributed by atoms with E-state index >= 15 is 0 Å². The molecule has 4 heteroatoms. The molecule has 632 valence electrons. The Balaban J connectivity index is 0.971. The van der Waals surface area contributed by atoms with Crippen molar-refractivity contribution in [1.82, 2.24) is 4.57 Å². The van der Waals surface area contributed by atoms with Crippen molar-refractivity contribution >= 4 is 89.8 Å². The molecular weight excluding hydrogens is 1550 g/mol. The number of benzene rings is 17. The fourth-order valence-corrected chi connectivity index (χ4v) is 21.4. The molecular formula is C125H114BN3. The Labute approximate surface area is 764 Å². The van der Waals surface area contributed by atoms with Crippen molar-refractivity contribution in [3.8, 4) is 83.6 Å². The maximum atomic E-state index is 2.80. The number of rotatable bonds is 11. The first-order valence-corrected chi connectivity index (χ1v) is 46.5. The number of anilines is 6. The van der Waals surface area contributed by atoms with Gasteiger partial charge in [-0.2, -0.15) is 0 Å². The average molecular weight is 1670 g/mol. The summed E-state index contributed by atoms with van der Waals surface area (Å²) in [4.78, 5) is 5.58. The van der Waals surface area contributed by atoms with E-state index in [4.69, 9.17) is 0 Å². The minimum absolute atomic E-state index is 0.0918. The minimum atomic E-state index is -0.764. The highest BCUT2D eigenvalue weighted by molar-refractivity contribution is 7.00. The molecule has 0 fully saturated rings. The van der Waals surface area contributed by atoms with Gasteiger partial charge in [0.1, 0.15) is 0 Å². The summed E-state index contributed by atoms with van der Waals surface area (Å²) in [6.07, 6.45) is 0. The molecule has 18 aromatic rings. The van der Waals surface area contributed by atoms with E-state index in [1.54, 1.807) is 0 Å². The molecule has 0 saturated carbocycles. The predicted octanol–water partition coefficient (Wildman–Crippen LogP) is 32.2. The largest absolute Gasteiger partial charge is 0.310 e. The fraction of sp³-hybridized carbons (Fsp3) is 0.200. The van der Waals surface area contributed by atoms with Gasteiger partial charge in [0.15, 0.2) is 0 Å². The average Bonchev–Trinajstić information content (AvgIpc) is 1.68. The third-order valence-corrected chi connectivity index (χ3v) is 28.3. The molecule has 3 nitrogen and oxygen atoms in total. The van der Waals surface area contributed by atoms with Crippen LogP contribution in [0.1, 0.15) is 180 Å². The van der Waals surface area contributed by atoms with Crippen LogP contribution in [0.2, 0.25) is 0 Å². The number of hydrogen-bond acceptors (Lipinski definition) is 2. The molecule has 0 saturated heterocycles. The van der Waals surface area contributed by atoms with E-state index in [1.807, 2.05) is 0 Å². The lowest BCUT2D eigenvalue weighted by atomic mass is 9.33. The van der Waals surface area contributed by atoms with E-state index in [0.717, 1.165) is 95.4 Å². The lowest BCUT2D eigenvalue weighted by molar-refractivity contribution is 0.569. The summed E-state index contributed by atoms with van der Waals surface area (Å²) in [5, 5.41) is 4.95. The molecule has 21 rings (SSSR count). The summed E-state index contributed by atoms with van der Waals surface area (Å²) < 4.78 is 2.59. The quantitative estimate of drug-likeness (QED) is 0.120. The Morgan fingerprint density at radius 1 is 0.233 bits per heavy atom. The normalized spacial score (nSPS) is 14.4. The smallest absolute Gasteiger partial charge is 0.252 e. The minimum Gasteiger partial charge on any atom is -0.310 e. The summed E-state index contributed by atoms with van der Waals surface area (Å²) in [7, 11) is 0. The van der Waals surface area contributed by atoms with Gasteiger partial charge in [0.05, 0.1) is 27.8 Å². The second-order valence-corrected chi connectivity index (χ2v) is 42.9. The van der Waals surface area contributed by atoms with E-state index in [1.165, 1.54) is 127 Å². The first-order valence-electron chi connectivity index (χ1n) is 46.5. The van der Waals surface area contributed by atoms with Gasteiger partial charge in [0, 0.05) is 61.5 Å². The zero-order chi connectivity index (χ0) is 89.3. The van der Waals surface area contributed by atoms with Crippen LogP contribution < -0.4 is 26.2 Å². The maximum absolute atomic E-state index is 2.80. The number of aromatic nitrogens is 1. The second-order valence-electron chi connectivity index (χ2n) is 42.9. The zero-order valence-corrected chi connectivity index (χ0v) is 78.1. The third kappa shape index (κ3) is 13.8. The van der Waals surface area contributed by atoms with Crippen LogP contribution in [-0.2, 0) is 37.9 Å². The molecule has 1 aromatic heterocycles.